The van der Waals surface area contributed by atoms with E-state index in [1.807, 2.05) is 0 Å². The number of rotatable bonds is 5. The molecule has 0 aromatic carbocycles. The Kier molecular flexibility index (Phi) is 5.72. The molecular weight excluding hydrogens is 154 g/mol. The Hall–Kier alpha value is -0.570. The number of hydrogen-bond acceptors (Lipinski definition) is 3. The van der Waals surface area contributed by atoms with Crippen molar-refractivity contribution >= 4 is 5.97 Å². The summed E-state index contributed by atoms with van der Waals surface area (Å²) >= 11 is 0. The first-order valence-corrected chi connectivity index (χ1v) is 4.49. The maximum atomic E-state index is 10.9. The van der Waals surface area contributed by atoms with E-state index in [0.717, 1.165) is 19.3 Å². The van der Waals surface area contributed by atoms with Crippen LogP contribution in [0.15, 0.2) is 0 Å². The molecule has 1 atom stereocenters. The zero-order valence-corrected chi connectivity index (χ0v) is 8.17. The van der Waals surface area contributed by atoms with E-state index in [1.165, 1.54) is 7.11 Å². The Morgan fingerprint density at radius 2 is 1.92 bits per heavy atom. The standard InChI is InChI=1S/C9H19NO2/c1-4-7(5-2)6-8(10)9(11)12-3/h7-8H,4-6,10H2,1-3H3. The largest absolute Gasteiger partial charge is 0.468 e. The summed E-state index contributed by atoms with van der Waals surface area (Å²) in [5.74, 6) is 0.237. The van der Waals surface area contributed by atoms with Gasteiger partial charge in [0.25, 0.3) is 0 Å². The maximum Gasteiger partial charge on any atom is 0.322 e. The third-order valence-electron chi connectivity index (χ3n) is 2.25. The fourth-order valence-corrected chi connectivity index (χ4v) is 1.23. The predicted octanol–water partition coefficient (Wildman–Crippen LogP) is 1.31. The van der Waals surface area contributed by atoms with Gasteiger partial charge in [-0.15, -0.1) is 0 Å². The molecule has 0 heterocycles. The molecule has 3 nitrogen and oxygen atoms in total. The van der Waals surface area contributed by atoms with E-state index in [1.54, 1.807) is 0 Å². The van der Waals surface area contributed by atoms with Crippen molar-refractivity contribution in [2.24, 2.45) is 11.7 Å². The zero-order chi connectivity index (χ0) is 9.56. The van der Waals surface area contributed by atoms with E-state index >= 15 is 0 Å². The van der Waals surface area contributed by atoms with Gasteiger partial charge in [-0.1, -0.05) is 26.7 Å². The molecule has 0 amide bonds. The number of carbonyl (C=O) groups is 1. The van der Waals surface area contributed by atoms with Gasteiger partial charge in [-0.25, -0.2) is 0 Å². The van der Waals surface area contributed by atoms with Crippen molar-refractivity contribution in [3.63, 3.8) is 0 Å². The van der Waals surface area contributed by atoms with Gasteiger partial charge in [0.05, 0.1) is 7.11 Å². The Bertz CT molecular complexity index is 132. The van der Waals surface area contributed by atoms with Gasteiger partial charge in [0.15, 0.2) is 0 Å². The molecular formula is C9H19NO2. The molecule has 0 fully saturated rings. The van der Waals surface area contributed by atoms with Gasteiger partial charge in [0.2, 0.25) is 0 Å². The lowest BCUT2D eigenvalue weighted by molar-refractivity contribution is -0.142. The SMILES string of the molecule is CCC(CC)CC(N)C(=O)OC. The molecule has 0 aliphatic carbocycles. The molecule has 0 saturated heterocycles. The van der Waals surface area contributed by atoms with Gasteiger partial charge in [-0.2, -0.15) is 0 Å². The zero-order valence-electron chi connectivity index (χ0n) is 8.17. The average molecular weight is 173 g/mol. The third kappa shape index (κ3) is 3.72. The van der Waals surface area contributed by atoms with Crippen molar-refractivity contribution in [1.29, 1.82) is 0 Å². The first kappa shape index (κ1) is 11.4. The highest BCUT2D eigenvalue weighted by Crippen LogP contribution is 2.14. The van der Waals surface area contributed by atoms with E-state index in [2.05, 4.69) is 18.6 Å². The predicted molar refractivity (Wildman–Crippen MR) is 48.7 cm³/mol. The van der Waals surface area contributed by atoms with Crippen molar-refractivity contribution in [2.75, 3.05) is 7.11 Å². The second-order valence-corrected chi connectivity index (χ2v) is 3.05. The number of hydrogen-bond donors (Lipinski definition) is 1. The van der Waals surface area contributed by atoms with Crippen LogP contribution >= 0.6 is 0 Å². The Morgan fingerprint density at radius 3 is 2.25 bits per heavy atom. The molecule has 2 N–H and O–H groups in total. The van der Waals surface area contributed by atoms with E-state index < -0.39 is 6.04 Å². The lowest BCUT2D eigenvalue weighted by Gasteiger charge is -2.15. The average Bonchev–Trinajstić information content (AvgIpc) is 2.12. The molecule has 12 heavy (non-hydrogen) atoms. The maximum absolute atomic E-state index is 10.9. The highest BCUT2D eigenvalue weighted by Gasteiger charge is 2.17. The van der Waals surface area contributed by atoms with Gasteiger partial charge in [-0.3, -0.25) is 4.79 Å². The van der Waals surface area contributed by atoms with Crippen LogP contribution in [0, 0.1) is 5.92 Å². The van der Waals surface area contributed by atoms with Crippen LogP contribution in [-0.2, 0) is 9.53 Å². The molecule has 0 aliphatic rings. The second-order valence-electron chi connectivity index (χ2n) is 3.05. The van der Waals surface area contributed by atoms with E-state index in [4.69, 9.17) is 5.73 Å². The molecule has 0 aromatic rings. The third-order valence-corrected chi connectivity index (χ3v) is 2.25. The molecule has 0 rings (SSSR count). The molecule has 0 radical (unpaired) electrons. The minimum Gasteiger partial charge on any atom is -0.468 e. The smallest absolute Gasteiger partial charge is 0.322 e. The Balaban J connectivity index is 3.80. The molecule has 1 unspecified atom stereocenters. The first-order valence-electron chi connectivity index (χ1n) is 4.49. The van der Waals surface area contributed by atoms with Gasteiger partial charge in [0.1, 0.15) is 6.04 Å². The minimum atomic E-state index is -0.445. The number of carbonyl (C=O) groups excluding carboxylic acids is 1. The first-order chi connectivity index (χ1) is 5.65. The van der Waals surface area contributed by atoms with Gasteiger partial charge >= 0.3 is 5.97 Å². The van der Waals surface area contributed by atoms with Crippen molar-refractivity contribution in [1.82, 2.24) is 0 Å². The van der Waals surface area contributed by atoms with Gasteiger partial charge in [0, 0.05) is 0 Å². The highest BCUT2D eigenvalue weighted by molar-refractivity contribution is 5.75. The van der Waals surface area contributed by atoms with E-state index in [9.17, 15) is 4.79 Å². The van der Waals surface area contributed by atoms with E-state index in [-0.39, 0.29) is 5.97 Å². The lowest BCUT2D eigenvalue weighted by atomic mass is 9.95. The minimum absolute atomic E-state index is 0.304. The summed E-state index contributed by atoms with van der Waals surface area (Å²) in [6.45, 7) is 4.22. The van der Waals surface area contributed by atoms with Crippen LogP contribution in [0.25, 0.3) is 0 Å². The molecule has 0 bridgehead atoms. The summed E-state index contributed by atoms with van der Waals surface area (Å²) in [4.78, 5) is 10.9. The van der Waals surface area contributed by atoms with Crippen LogP contribution in [0.1, 0.15) is 33.1 Å². The van der Waals surface area contributed by atoms with Crippen LogP contribution < -0.4 is 5.73 Å². The summed E-state index contributed by atoms with van der Waals surface area (Å²) in [6.07, 6.45) is 2.88. The summed E-state index contributed by atoms with van der Waals surface area (Å²) in [6, 6.07) is -0.445. The highest BCUT2D eigenvalue weighted by atomic mass is 16.5. The molecule has 0 aliphatic heterocycles. The fourth-order valence-electron chi connectivity index (χ4n) is 1.23. The molecule has 0 saturated carbocycles. The van der Waals surface area contributed by atoms with Crippen molar-refractivity contribution < 1.29 is 9.53 Å². The van der Waals surface area contributed by atoms with Crippen LogP contribution in [-0.4, -0.2) is 19.1 Å². The number of methoxy groups -OCH3 is 1. The summed E-state index contributed by atoms with van der Waals surface area (Å²) in [5.41, 5.74) is 5.61. The molecule has 0 spiro atoms. The van der Waals surface area contributed by atoms with Gasteiger partial charge < -0.3 is 10.5 Å². The van der Waals surface area contributed by atoms with E-state index in [0.29, 0.717) is 5.92 Å². The van der Waals surface area contributed by atoms with Crippen molar-refractivity contribution in [3.05, 3.63) is 0 Å². The monoisotopic (exact) mass is 173 g/mol. The van der Waals surface area contributed by atoms with Gasteiger partial charge in [-0.05, 0) is 12.3 Å². The van der Waals surface area contributed by atoms with Crippen LogP contribution in [0.4, 0.5) is 0 Å². The Morgan fingerprint density at radius 1 is 1.42 bits per heavy atom. The fraction of sp³-hybridized carbons (Fsp3) is 0.889. The molecule has 3 heteroatoms. The molecule has 72 valence electrons. The van der Waals surface area contributed by atoms with Crippen LogP contribution in [0.3, 0.4) is 0 Å². The summed E-state index contributed by atoms with van der Waals surface area (Å²) < 4.78 is 4.54. The number of esters is 1. The normalized spacial score (nSPS) is 13.1. The molecule has 0 aromatic heterocycles. The van der Waals surface area contributed by atoms with Crippen LogP contribution in [0.5, 0.6) is 0 Å². The Labute approximate surface area is 74.3 Å². The van der Waals surface area contributed by atoms with Crippen molar-refractivity contribution in [3.8, 4) is 0 Å². The topological polar surface area (TPSA) is 52.3 Å². The quantitative estimate of drug-likeness (QED) is 0.638. The summed E-state index contributed by atoms with van der Waals surface area (Å²) in [7, 11) is 1.37. The van der Waals surface area contributed by atoms with Crippen molar-refractivity contribution in [2.45, 2.75) is 39.2 Å². The number of ether oxygens (including phenoxy) is 1. The van der Waals surface area contributed by atoms with Crippen LogP contribution in [0.2, 0.25) is 0 Å². The number of nitrogens with two attached hydrogens (primary N) is 1. The summed E-state index contributed by atoms with van der Waals surface area (Å²) in [5, 5.41) is 0. The lowest BCUT2D eigenvalue weighted by Crippen LogP contribution is -2.33. The second kappa shape index (κ2) is 6.00.